The van der Waals surface area contributed by atoms with E-state index in [1.165, 1.54) is 116 Å². The Bertz CT molecular complexity index is 516. The van der Waals surface area contributed by atoms with Crippen LogP contribution in [0.2, 0.25) is 0 Å². The van der Waals surface area contributed by atoms with E-state index in [2.05, 4.69) is 13.8 Å². The third-order valence-corrected chi connectivity index (χ3v) is 8.45. The highest BCUT2D eigenvalue weighted by atomic mass is 32.2. The summed E-state index contributed by atoms with van der Waals surface area (Å²) in [6.45, 7) is 4.58. The van der Waals surface area contributed by atoms with Crippen molar-refractivity contribution in [1.82, 2.24) is 6.15 Å². The van der Waals surface area contributed by atoms with Crippen molar-refractivity contribution in [3.63, 3.8) is 0 Å². The van der Waals surface area contributed by atoms with Gasteiger partial charge in [0.25, 0.3) is 10.1 Å². The van der Waals surface area contributed by atoms with Gasteiger partial charge in [0, 0.05) is 0 Å². The van der Waals surface area contributed by atoms with Gasteiger partial charge in [0.05, 0.1) is 6.61 Å². The monoisotopic (exact) mass is 537 g/mol. The van der Waals surface area contributed by atoms with Crippen LogP contribution < -0.4 is 6.15 Å². The SMILES string of the molecule is CCCCCCCCCCCCCCCCCCCCOS(=O)(=O)C(F)CCCCCCCCC.N. The molecule has 0 aliphatic heterocycles. The van der Waals surface area contributed by atoms with Crippen molar-refractivity contribution < 1.29 is 17.0 Å². The fourth-order valence-corrected chi connectivity index (χ4v) is 5.61. The number of hydrogen-bond acceptors (Lipinski definition) is 4. The van der Waals surface area contributed by atoms with Crippen LogP contribution in [0.3, 0.4) is 0 Å². The van der Waals surface area contributed by atoms with Gasteiger partial charge in [0.2, 0.25) is 5.50 Å². The maximum absolute atomic E-state index is 14.0. The van der Waals surface area contributed by atoms with Gasteiger partial charge >= 0.3 is 0 Å². The largest absolute Gasteiger partial charge is 0.344 e. The zero-order chi connectivity index (χ0) is 25.9. The van der Waals surface area contributed by atoms with Gasteiger partial charge in [-0.3, -0.25) is 4.18 Å². The third kappa shape index (κ3) is 26.9. The van der Waals surface area contributed by atoms with E-state index in [0.29, 0.717) is 12.8 Å². The standard InChI is InChI=1S/C30H61FO3S.H3N/c1-3-5-7-9-11-12-13-14-15-16-17-18-19-20-21-23-25-27-29-34-35(32,33)30(31)28-26-24-22-10-8-6-4-2;/h30H,3-29H2,1-2H3;1H3. The normalized spacial score (nSPS) is 12.5. The first-order valence-electron chi connectivity index (χ1n) is 15.6. The summed E-state index contributed by atoms with van der Waals surface area (Å²) in [6.07, 6.45) is 30.8. The average Bonchev–Trinajstić information content (AvgIpc) is 2.84. The van der Waals surface area contributed by atoms with Gasteiger partial charge < -0.3 is 6.15 Å². The van der Waals surface area contributed by atoms with Crippen LogP contribution in [0.1, 0.15) is 181 Å². The molecule has 220 valence electrons. The van der Waals surface area contributed by atoms with Crippen molar-refractivity contribution in [3.8, 4) is 0 Å². The number of alkyl halides is 1. The van der Waals surface area contributed by atoms with E-state index >= 15 is 0 Å². The van der Waals surface area contributed by atoms with Crippen LogP contribution in [0.4, 0.5) is 4.39 Å². The van der Waals surface area contributed by atoms with Gasteiger partial charge in [-0.2, -0.15) is 8.42 Å². The van der Waals surface area contributed by atoms with E-state index in [0.717, 1.165) is 32.1 Å². The zero-order valence-electron chi connectivity index (χ0n) is 24.4. The second kappa shape index (κ2) is 29.4. The zero-order valence-corrected chi connectivity index (χ0v) is 25.2. The smallest absolute Gasteiger partial charge is 0.299 e. The molecule has 0 bridgehead atoms. The van der Waals surface area contributed by atoms with Crippen molar-refractivity contribution in [2.24, 2.45) is 0 Å². The van der Waals surface area contributed by atoms with Crippen molar-refractivity contribution in [1.29, 1.82) is 0 Å². The highest BCUT2D eigenvalue weighted by molar-refractivity contribution is 7.87. The first-order valence-corrected chi connectivity index (χ1v) is 17.0. The van der Waals surface area contributed by atoms with E-state index in [4.69, 9.17) is 4.18 Å². The lowest BCUT2D eigenvalue weighted by Gasteiger charge is -2.10. The Kier molecular flexibility index (Phi) is 30.9. The minimum atomic E-state index is -4.05. The molecule has 0 rings (SSSR count). The summed E-state index contributed by atoms with van der Waals surface area (Å²) in [5.41, 5.74) is -1.87. The molecule has 0 heterocycles. The van der Waals surface area contributed by atoms with Crippen molar-refractivity contribution >= 4 is 10.1 Å². The van der Waals surface area contributed by atoms with Gasteiger partial charge in [-0.05, 0) is 19.3 Å². The maximum atomic E-state index is 14.0. The summed E-state index contributed by atoms with van der Waals surface area (Å²) in [7, 11) is -4.05. The molecule has 0 aromatic heterocycles. The van der Waals surface area contributed by atoms with E-state index in [1.54, 1.807) is 0 Å². The van der Waals surface area contributed by atoms with Crippen molar-refractivity contribution in [3.05, 3.63) is 0 Å². The lowest BCUT2D eigenvalue weighted by atomic mass is 10.0. The maximum Gasteiger partial charge on any atom is 0.299 e. The second-order valence-electron chi connectivity index (χ2n) is 10.6. The van der Waals surface area contributed by atoms with Gasteiger partial charge in [-0.15, -0.1) is 0 Å². The van der Waals surface area contributed by atoms with Crippen LogP contribution in [-0.4, -0.2) is 20.5 Å². The van der Waals surface area contributed by atoms with E-state index in [-0.39, 0.29) is 19.2 Å². The fourth-order valence-electron chi connectivity index (χ4n) is 4.66. The number of unbranched alkanes of at least 4 members (excludes halogenated alkanes) is 23. The Balaban J connectivity index is 0. The minimum Gasteiger partial charge on any atom is -0.344 e. The van der Waals surface area contributed by atoms with Gasteiger partial charge in [-0.1, -0.05) is 162 Å². The summed E-state index contributed by atoms with van der Waals surface area (Å²) in [5, 5.41) is 0. The summed E-state index contributed by atoms with van der Waals surface area (Å²) >= 11 is 0. The Morgan fingerprint density at radius 3 is 1.11 bits per heavy atom. The lowest BCUT2D eigenvalue weighted by molar-refractivity contribution is 0.270. The van der Waals surface area contributed by atoms with Gasteiger partial charge in [-0.25, -0.2) is 4.39 Å². The molecule has 0 spiro atoms. The predicted octanol–water partition coefficient (Wildman–Crippen LogP) is 11.0. The fraction of sp³-hybridized carbons (Fsp3) is 1.00. The molecule has 0 fully saturated rings. The number of halogens is 1. The van der Waals surface area contributed by atoms with E-state index in [1.807, 2.05) is 0 Å². The first-order chi connectivity index (χ1) is 17.0. The molecule has 4 nitrogen and oxygen atoms in total. The summed E-state index contributed by atoms with van der Waals surface area (Å²) < 4.78 is 42.8. The molecule has 1 atom stereocenters. The van der Waals surface area contributed by atoms with Crippen LogP contribution in [0.15, 0.2) is 0 Å². The van der Waals surface area contributed by atoms with Crippen LogP contribution in [0.25, 0.3) is 0 Å². The first kappa shape index (κ1) is 37.9. The van der Waals surface area contributed by atoms with Crippen LogP contribution in [0, 0.1) is 0 Å². The Labute approximate surface area is 226 Å². The molecule has 0 radical (unpaired) electrons. The highest BCUT2D eigenvalue weighted by Crippen LogP contribution is 2.18. The molecule has 0 aliphatic carbocycles. The number of hydrogen-bond donors (Lipinski definition) is 1. The summed E-state index contributed by atoms with van der Waals surface area (Å²) in [6, 6.07) is 0. The molecule has 36 heavy (non-hydrogen) atoms. The molecule has 0 saturated carbocycles. The molecule has 6 heteroatoms. The van der Waals surface area contributed by atoms with E-state index < -0.39 is 15.6 Å². The number of rotatable bonds is 29. The van der Waals surface area contributed by atoms with Crippen LogP contribution in [-0.2, 0) is 14.3 Å². The summed E-state index contributed by atoms with van der Waals surface area (Å²) in [5.74, 6) is 0. The molecule has 0 aromatic carbocycles. The van der Waals surface area contributed by atoms with Gasteiger partial charge in [0.15, 0.2) is 0 Å². The summed E-state index contributed by atoms with van der Waals surface area (Å²) in [4.78, 5) is 0. The highest BCUT2D eigenvalue weighted by Gasteiger charge is 2.25. The predicted molar refractivity (Wildman–Crippen MR) is 156 cm³/mol. The minimum absolute atomic E-state index is 0. The third-order valence-electron chi connectivity index (χ3n) is 7.09. The molecular formula is C30H64FNO3S. The quantitative estimate of drug-likeness (QED) is 0.0760. The van der Waals surface area contributed by atoms with Gasteiger partial charge in [0.1, 0.15) is 0 Å². The van der Waals surface area contributed by atoms with Crippen LogP contribution in [0.5, 0.6) is 0 Å². The average molecular weight is 538 g/mol. The molecule has 0 aromatic rings. The van der Waals surface area contributed by atoms with Crippen molar-refractivity contribution in [2.45, 2.75) is 186 Å². The van der Waals surface area contributed by atoms with E-state index in [9.17, 15) is 12.8 Å². The van der Waals surface area contributed by atoms with Crippen molar-refractivity contribution in [2.75, 3.05) is 6.61 Å². The van der Waals surface area contributed by atoms with Crippen LogP contribution >= 0.6 is 0 Å². The molecule has 0 amide bonds. The second-order valence-corrected chi connectivity index (χ2v) is 12.4. The topological polar surface area (TPSA) is 78.4 Å². The lowest BCUT2D eigenvalue weighted by Crippen LogP contribution is -2.19. The molecule has 1 unspecified atom stereocenters. The Morgan fingerprint density at radius 1 is 0.500 bits per heavy atom. The molecule has 3 N–H and O–H groups in total. The molecule has 0 aliphatic rings. The Hall–Kier alpha value is -0.200. The molecule has 0 saturated heterocycles. The molecular weight excluding hydrogens is 473 g/mol. The Morgan fingerprint density at radius 2 is 0.778 bits per heavy atom.